The van der Waals surface area contributed by atoms with E-state index in [1.807, 2.05) is 27.4 Å². The van der Waals surface area contributed by atoms with Gasteiger partial charge in [0.05, 0.1) is 6.10 Å². The molecule has 6 nitrogen and oxygen atoms in total. The van der Waals surface area contributed by atoms with Crippen LogP contribution in [-0.4, -0.2) is 55.7 Å². The van der Waals surface area contributed by atoms with E-state index in [0.717, 1.165) is 38.4 Å². The molecule has 2 N–H and O–H groups in total. The molecule has 0 bridgehead atoms. The molecule has 2 aromatic rings. The maximum atomic E-state index is 13.1. The van der Waals surface area contributed by atoms with Gasteiger partial charge in [-0.15, -0.1) is 0 Å². The Labute approximate surface area is 204 Å². The summed E-state index contributed by atoms with van der Waals surface area (Å²) in [6.45, 7) is 11.7. The smallest absolute Gasteiger partial charge is 0.255 e. The van der Waals surface area contributed by atoms with Crippen molar-refractivity contribution in [1.29, 1.82) is 0 Å². The van der Waals surface area contributed by atoms with Gasteiger partial charge in [0, 0.05) is 29.9 Å². The third kappa shape index (κ3) is 12.8. The lowest BCUT2D eigenvalue weighted by molar-refractivity contribution is -0.0987. The lowest BCUT2D eigenvalue weighted by atomic mass is 10.1. The van der Waals surface area contributed by atoms with Gasteiger partial charge in [-0.3, -0.25) is 4.79 Å². The van der Waals surface area contributed by atoms with Gasteiger partial charge in [-0.05, 0) is 63.5 Å². The molecule has 1 atom stereocenters. The normalized spacial score (nSPS) is 14.6. The molecule has 35 heavy (non-hydrogen) atoms. The van der Waals surface area contributed by atoms with Crippen molar-refractivity contribution in [2.24, 2.45) is 0 Å². The Kier molecular flexibility index (Phi) is 18.7. The number of halogens is 4. The van der Waals surface area contributed by atoms with Crippen LogP contribution in [0.5, 0.6) is 0 Å². The van der Waals surface area contributed by atoms with Crippen LogP contribution in [0.1, 0.15) is 49.0 Å². The summed E-state index contributed by atoms with van der Waals surface area (Å²) in [4.78, 5) is 30.1. The lowest BCUT2D eigenvalue weighted by Crippen LogP contribution is -2.19. The summed E-state index contributed by atoms with van der Waals surface area (Å²) in [5, 5.41) is 11.4. The van der Waals surface area contributed by atoms with E-state index in [2.05, 4.69) is 17.3 Å². The van der Waals surface area contributed by atoms with E-state index in [1.165, 1.54) is 19.1 Å². The predicted octanol–water partition coefficient (Wildman–Crippen LogP) is 4.92. The quantitative estimate of drug-likeness (QED) is 0.450. The number of anilines is 1. The third-order valence-electron chi connectivity index (χ3n) is 4.58. The molecule has 196 valence electrons. The zero-order chi connectivity index (χ0) is 27.6. The zero-order valence-corrected chi connectivity index (χ0v) is 20.5. The van der Waals surface area contributed by atoms with Crippen molar-refractivity contribution in [3.05, 3.63) is 64.7 Å². The lowest BCUT2D eigenvalue weighted by Gasteiger charge is -2.10. The molecule has 0 saturated carbocycles. The average molecular weight is 503 g/mol. The van der Waals surface area contributed by atoms with Gasteiger partial charge < -0.3 is 24.9 Å². The number of nitrogens with one attached hydrogen (secondary N) is 1. The number of likely N-dealkylation sites (tertiary alicyclic amines) is 1. The molecule has 1 aliphatic rings. The van der Waals surface area contributed by atoms with Crippen molar-refractivity contribution in [3.8, 4) is 0 Å². The Morgan fingerprint density at radius 2 is 1.49 bits per heavy atom. The van der Waals surface area contributed by atoms with E-state index in [0.29, 0.717) is 12.1 Å². The van der Waals surface area contributed by atoms with E-state index >= 15 is 0 Å². The van der Waals surface area contributed by atoms with Crippen LogP contribution in [0, 0.1) is 30.2 Å². The summed E-state index contributed by atoms with van der Waals surface area (Å²) in [5.74, 6) is -5.58. The molecule has 0 radical (unpaired) electrons. The van der Waals surface area contributed by atoms with Crippen molar-refractivity contribution in [1.82, 2.24) is 4.90 Å². The first-order chi connectivity index (χ1) is 16.7. The van der Waals surface area contributed by atoms with Crippen molar-refractivity contribution < 1.29 is 37.1 Å². The van der Waals surface area contributed by atoms with Crippen LogP contribution in [0.15, 0.2) is 30.3 Å². The molecule has 0 aromatic heterocycles. The molecule has 10 heteroatoms. The first kappa shape index (κ1) is 34.1. The van der Waals surface area contributed by atoms with Gasteiger partial charge in [0.15, 0.2) is 17.5 Å². The van der Waals surface area contributed by atoms with Crippen LogP contribution in [0.3, 0.4) is 0 Å². The van der Waals surface area contributed by atoms with Crippen LogP contribution in [0.25, 0.3) is 0 Å². The minimum absolute atomic E-state index is 0.0325. The number of aliphatic hydroxyl groups is 1. The standard InChI is InChI=1S/C14H9F4NO.C7H15NO.C2H6.2CH2O/c1-7-4-8(2-3-10(7)15)14(20)19-9-5-11(16)13(18)12(17)6-9;1-8-5-2-3-7(9)4-6-8;3*1-2/h2-6H,1H3,(H,19,20);7,9H,2-6H2,1H3;1-2H3;2*1H2. The Hall–Kier alpha value is -3.11. The molecule has 1 aliphatic heterocycles. The fourth-order valence-electron chi connectivity index (χ4n) is 2.84. The molecule has 3 rings (SSSR count). The summed E-state index contributed by atoms with van der Waals surface area (Å²) in [6.07, 6.45) is 3.06. The van der Waals surface area contributed by atoms with Crippen LogP contribution < -0.4 is 5.32 Å². The van der Waals surface area contributed by atoms with Gasteiger partial charge >= 0.3 is 0 Å². The molecule has 1 saturated heterocycles. The van der Waals surface area contributed by atoms with Crippen LogP contribution in [-0.2, 0) is 9.59 Å². The summed E-state index contributed by atoms with van der Waals surface area (Å²) in [7, 11) is 2.11. The maximum absolute atomic E-state index is 13.1. The number of nitrogens with zero attached hydrogens (tertiary/aromatic N) is 1. The topological polar surface area (TPSA) is 86.7 Å². The molecule has 1 amide bonds. The Bertz CT molecular complexity index is 865. The summed E-state index contributed by atoms with van der Waals surface area (Å²) in [6, 6.07) is 4.95. The van der Waals surface area contributed by atoms with E-state index < -0.39 is 29.2 Å². The van der Waals surface area contributed by atoms with Gasteiger partial charge in [0.25, 0.3) is 5.91 Å². The van der Waals surface area contributed by atoms with E-state index in [-0.39, 0.29) is 22.9 Å². The number of carbonyl (C=O) groups excluding carboxylic acids is 3. The molecular formula is C25H34F4N2O4. The number of benzene rings is 2. The van der Waals surface area contributed by atoms with E-state index in [1.54, 1.807) is 0 Å². The molecule has 0 aliphatic carbocycles. The molecular weight excluding hydrogens is 468 g/mol. The number of hydrogen-bond acceptors (Lipinski definition) is 5. The summed E-state index contributed by atoms with van der Waals surface area (Å²) >= 11 is 0. The van der Waals surface area contributed by atoms with Crippen molar-refractivity contribution >= 4 is 25.2 Å². The largest absolute Gasteiger partial charge is 0.393 e. The van der Waals surface area contributed by atoms with Gasteiger partial charge in [-0.2, -0.15) is 0 Å². The van der Waals surface area contributed by atoms with E-state index in [4.69, 9.17) is 9.59 Å². The molecule has 1 fully saturated rings. The number of carbonyl (C=O) groups is 3. The van der Waals surface area contributed by atoms with Crippen LogP contribution in [0.4, 0.5) is 23.2 Å². The Morgan fingerprint density at radius 1 is 0.943 bits per heavy atom. The summed E-state index contributed by atoms with van der Waals surface area (Å²) < 4.78 is 51.8. The second-order valence-corrected chi connectivity index (χ2v) is 7.06. The molecule has 1 unspecified atom stereocenters. The highest BCUT2D eigenvalue weighted by Gasteiger charge is 2.14. The number of aryl methyl sites for hydroxylation is 1. The zero-order valence-electron chi connectivity index (χ0n) is 20.5. The Morgan fingerprint density at radius 3 is 2.00 bits per heavy atom. The van der Waals surface area contributed by atoms with Gasteiger partial charge in [0.2, 0.25) is 0 Å². The number of hydrogen-bond donors (Lipinski definition) is 2. The van der Waals surface area contributed by atoms with E-state index in [9.17, 15) is 27.5 Å². The highest BCUT2D eigenvalue weighted by molar-refractivity contribution is 6.04. The van der Waals surface area contributed by atoms with Crippen molar-refractivity contribution in [2.75, 3.05) is 25.5 Å². The molecule has 0 spiro atoms. The van der Waals surface area contributed by atoms with Crippen LogP contribution in [0.2, 0.25) is 0 Å². The summed E-state index contributed by atoms with van der Waals surface area (Å²) in [5.41, 5.74) is 0.150. The monoisotopic (exact) mass is 502 g/mol. The second kappa shape index (κ2) is 19.2. The molecule has 2 aromatic carbocycles. The third-order valence-corrected chi connectivity index (χ3v) is 4.58. The van der Waals surface area contributed by atoms with Crippen molar-refractivity contribution in [3.63, 3.8) is 0 Å². The fourth-order valence-corrected chi connectivity index (χ4v) is 2.84. The van der Waals surface area contributed by atoms with Gasteiger partial charge in [0.1, 0.15) is 19.4 Å². The van der Waals surface area contributed by atoms with Gasteiger partial charge in [-0.1, -0.05) is 13.8 Å². The van der Waals surface area contributed by atoms with Crippen molar-refractivity contribution in [2.45, 2.75) is 46.1 Å². The first-order valence-electron chi connectivity index (χ1n) is 10.8. The maximum Gasteiger partial charge on any atom is 0.255 e. The molecule has 1 heterocycles. The average Bonchev–Trinajstić information content (AvgIpc) is 3.06. The minimum Gasteiger partial charge on any atom is -0.393 e. The second-order valence-electron chi connectivity index (χ2n) is 7.06. The first-order valence-corrected chi connectivity index (χ1v) is 10.8. The number of aliphatic hydroxyl groups excluding tert-OH is 1. The Balaban J connectivity index is 0. The predicted molar refractivity (Wildman–Crippen MR) is 128 cm³/mol. The number of rotatable bonds is 2. The SMILES string of the molecule is C=O.C=O.CC.CN1CCCC(O)CC1.Cc1cc(C(=O)Nc2cc(F)c(F)c(F)c2)ccc1F. The van der Waals surface area contributed by atoms with Gasteiger partial charge in [-0.25, -0.2) is 17.6 Å². The highest BCUT2D eigenvalue weighted by atomic mass is 19.2. The minimum atomic E-state index is -1.61. The highest BCUT2D eigenvalue weighted by Crippen LogP contribution is 2.18. The van der Waals surface area contributed by atoms with Crippen LogP contribution >= 0.6 is 0 Å². The number of amides is 1. The fraction of sp³-hybridized carbons (Fsp3) is 0.400.